The number of aromatic nitrogens is 1. The summed E-state index contributed by atoms with van der Waals surface area (Å²) in [4.78, 5) is 16.9. The third-order valence-corrected chi connectivity index (χ3v) is 5.47. The summed E-state index contributed by atoms with van der Waals surface area (Å²) in [5.41, 5.74) is 3.23. The molecule has 128 valence electrons. The lowest BCUT2D eigenvalue weighted by atomic mass is 9.95. The van der Waals surface area contributed by atoms with Crippen LogP contribution < -0.4 is 5.32 Å². The molecular weight excluding hydrogens is 352 g/mol. The van der Waals surface area contributed by atoms with Crippen LogP contribution in [0.4, 0.5) is 5.69 Å². The molecule has 0 aliphatic rings. The molecule has 25 heavy (non-hydrogen) atoms. The van der Waals surface area contributed by atoms with E-state index in [4.69, 9.17) is 16.6 Å². The molecule has 1 amide bonds. The van der Waals surface area contributed by atoms with Crippen LogP contribution in [0.1, 0.15) is 13.8 Å². The van der Waals surface area contributed by atoms with E-state index in [1.807, 2.05) is 61.7 Å². The van der Waals surface area contributed by atoms with Crippen molar-refractivity contribution in [2.24, 2.45) is 5.41 Å². The minimum Gasteiger partial charge on any atom is -0.326 e. The van der Waals surface area contributed by atoms with Crippen molar-refractivity contribution >= 4 is 34.5 Å². The Hall–Kier alpha value is -2.17. The van der Waals surface area contributed by atoms with E-state index in [-0.39, 0.29) is 11.8 Å². The van der Waals surface area contributed by atoms with Gasteiger partial charge in [-0.1, -0.05) is 42.5 Å². The average molecular weight is 371 g/mol. The lowest BCUT2D eigenvalue weighted by Crippen LogP contribution is -2.32. The maximum absolute atomic E-state index is 12.2. The highest BCUT2D eigenvalue weighted by Crippen LogP contribution is 2.29. The van der Waals surface area contributed by atoms with Crippen molar-refractivity contribution in [1.82, 2.24) is 4.98 Å². The standard InChI is InChI=1S/C20H19ClN2OS/c1-20(2,13-21)19(24)22-16-10-8-14(9-11-16)17-12-25-18(23-17)15-6-4-3-5-7-15/h3-12H,13H2,1-2H3,(H,22,24). The highest BCUT2D eigenvalue weighted by Gasteiger charge is 2.26. The van der Waals surface area contributed by atoms with E-state index in [1.54, 1.807) is 11.3 Å². The fourth-order valence-corrected chi connectivity index (χ4v) is 3.16. The van der Waals surface area contributed by atoms with Gasteiger partial charge in [0.15, 0.2) is 0 Å². The molecule has 0 fully saturated rings. The number of rotatable bonds is 5. The van der Waals surface area contributed by atoms with E-state index in [0.29, 0.717) is 0 Å². The molecule has 0 aliphatic carbocycles. The molecule has 0 saturated heterocycles. The highest BCUT2D eigenvalue weighted by molar-refractivity contribution is 7.13. The van der Waals surface area contributed by atoms with Crippen molar-refractivity contribution in [3.63, 3.8) is 0 Å². The summed E-state index contributed by atoms with van der Waals surface area (Å²) in [5, 5.41) is 5.95. The van der Waals surface area contributed by atoms with E-state index >= 15 is 0 Å². The van der Waals surface area contributed by atoms with Gasteiger partial charge in [-0.3, -0.25) is 4.79 Å². The molecule has 0 saturated carbocycles. The van der Waals surface area contributed by atoms with E-state index in [1.165, 1.54) is 0 Å². The van der Waals surface area contributed by atoms with Gasteiger partial charge in [0.05, 0.1) is 11.1 Å². The van der Waals surface area contributed by atoms with Gasteiger partial charge in [0.2, 0.25) is 5.91 Å². The van der Waals surface area contributed by atoms with Crippen LogP contribution in [0.2, 0.25) is 0 Å². The summed E-state index contributed by atoms with van der Waals surface area (Å²) >= 11 is 7.47. The summed E-state index contributed by atoms with van der Waals surface area (Å²) in [6, 6.07) is 17.8. The van der Waals surface area contributed by atoms with Gasteiger partial charge in [0.25, 0.3) is 0 Å². The Bertz CT molecular complexity index is 857. The molecule has 1 aromatic heterocycles. The molecule has 0 radical (unpaired) electrons. The molecule has 0 spiro atoms. The van der Waals surface area contributed by atoms with Gasteiger partial charge in [0, 0.05) is 28.1 Å². The number of nitrogens with one attached hydrogen (secondary N) is 1. The van der Waals surface area contributed by atoms with Crippen LogP contribution >= 0.6 is 22.9 Å². The first kappa shape index (κ1) is 17.6. The van der Waals surface area contributed by atoms with E-state index in [9.17, 15) is 4.79 Å². The third kappa shape index (κ3) is 4.09. The number of benzene rings is 2. The first-order valence-corrected chi connectivity index (χ1v) is 9.40. The van der Waals surface area contributed by atoms with Gasteiger partial charge < -0.3 is 5.32 Å². The predicted octanol–water partition coefficient (Wildman–Crippen LogP) is 5.68. The van der Waals surface area contributed by atoms with Gasteiger partial charge in [0.1, 0.15) is 5.01 Å². The van der Waals surface area contributed by atoms with E-state index < -0.39 is 5.41 Å². The summed E-state index contributed by atoms with van der Waals surface area (Å²) < 4.78 is 0. The fraction of sp³-hybridized carbons (Fsp3) is 0.200. The number of hydrogen-bond acceptors (Lipinski definition) is 3. The largest absolute Gasteiger partial charge is 0.326 e. The second-order valence-corrected chi connectivity index (χ2v) is 7.58. The Balaban J connectivity index is 1.75. The number of halogens is 1. The summed E-state index contributed by atoms with van der Waals surface area (Å²) in [6.07, 6.45) is 0. The quantitative estimate of drug-likeness (QED) is 0.587. The smallest absolute Gasteiger partial charge is 0.231 e. The van der Waals surface area contributed by atoms with Gasteiger partial charge in [-0.2, -0.15) is 0 Å². The molecule has 1 N–H and O–H groups in total. The Labute approximate surface area is 156 Å². The lowest BCUT2D eigenvalue weighted by Gasteiger charge is -2.20. The molecule has 3 rings (SSSR count). The Kier molecular flexibility index (Phi) is 5.21. The minimum atomic E-state index is -0.597. The predicted molar refractivity (Wildman–Crippen MR) is 106 cm³/mol. The van der Waals surface area contributed by atoms with Gasteiger partial charge in [-0.25, -0.2) is 4.98 Å². The second kappa shape index (κ2) is 7.38. The van der Waals surface area contributed by atoms with Gasteiger partial charge in [-0.15, -0.1) is 22.9 Å². The van der Waals surface area contributed by atoms with Crippen molar-refractivity contribution in [2.45, 2.75) is 13.8 Å². The molecule has 0 bridgehead atoms. The summed E-state index contributed by atoms with van der Waals surface area (Å²) in [6.45, 7) is 3.65. The number of alkyl halides is 1. The molecule has 3 aromatic rings. The SMILES string of the molecule is CC(C)(CCl)C(=O)Nc1ccc(-c2csc(-c3ccccc3)n2)cc1. The molecular formula is C20H19ClN2OS. The number of amides is 1. The van der Waals surface area contributed by atoms with Crippen LogP contribution in [-0.2, 0) is 4.79 Å². The number of hydrogen-bond donors (Lipinski definition) is 1. The average Bonchev–Trinajstić information content (AvgIpc) is 3.13. The van der Waals surface area contributed by atoms with Crippen LogP contribution in [0, 0.1) is 5.41 Å². The van der Waals surface area contributed by atoms with Crippen molar-refractivity contribution in [1.29, 1.82) is 0 Å². The number of anilines is 1. The van der Waals surface area contributed by atoms with E-state index in [0.717, 1.165) is 27.5 Å². The number of carbonyl (C=O) groups excluding carboxylic acids is 1. The fourth-order valence-electron chi connectivity index (χ4n) is 2.20. The number of thiazole rings is 1. The molecule has 0 unspecified atom stereocenters. The van der Waals surface area contributed by atoms with Crippen molar-refractivity contribution in [2.75, 3.05) is 11.2 Å². The Morgan fingerprint density at radius 1 is 1.08 bits per heavy atom. The normalized spacial score (nSPS) is 11.3. The maximum Gasteiger partial charge on any atom is 0.231 e. The molecule has 0 atom stereocenters. The molecule has 1 heterocycles. The number of carbonyl (C=O) groups is 1. The third-order valence-electron chi connectivity index (χ3n) is 3.91. The molecule has 3 nitrogen and oxygen atoms in total. The molecule has 2 aromatic carbocycles. The first-order chi connectivity index (χ1) is 12.0. The summed E-state index contributed by atoms with van der Waals surface area (Å²) in [5.74, 6) is 0.188. The van der Waals surface area contributed by atoms with Gasteiger partial charge >= 0.3 is 0 Å². The Morgan fingerprint density at radius 2 is 1.76 bits per heavy atom. The van der Waals surface area contributed by atoms with Crippen LogP contribution in [0.5, 0.6) is 0 Å². The topological polar surface area (TPSA) is 42.0 Å². The number of nitrogens with zero attached hydrogens (tertiary/aromatic N) is 1. The highest BCUT2D eigenvalue weighted by atomic mass is 35.5. The minimum absolute atomic E-state index is 0.0877. The van der Waals surface area contributed by atoms with Crippen LogP contribution in [0.3, 0.4) is 0 Å². The lowest BCUT2D eigenvalue weighted by molar-refractivity contribution is -0.122. The van der Waals surface area contributed by atoms with Gasteiger partial charge in [-0.05, 0) is 26.0 Å². The van der Waals surface area contributed by atoms with Crippen molar-refractivity contribution in [3.05, 3.63) is 60.0 Å². The van der Waals surface area contributed by atoms with E-state index in [2.05, 4.69) is 17.4 Å². The monoisotopic (exact) mass is 370 g/mol. The second-order valence-electron chi connectivity index (χ2n) is 6.45. The van der Waals surface area contributed by atoms with Crippen LogP contribution in [-0.4, -0.2) is 16.8 Å². The first-order valence-electron chi connectivity index (χ1n) is 7.98. The zero-order chi connectivity index (χ0) is 17.9. The Morgan fingerprint density at radius 3 is 2.40 bits per heavy atom. The molecule has 0 aliphatic heterocycles. The molecule has 5 heteroatoms. The van der Waals surface area contributed by atoms with Crippen molar-refractivity contribution < 1.29 is 4.79 Å². The zero-order valence-corrected chi connectivity index (χ0v) is 15.7. The zero-order valence-electron chi connectivity index (χ0n) is 14.1. The van der Waals surface area contributed by atoms with Crippen molar-refractivity contribution in [3.8, 4) is 21.8 Å². The van der Waals surface area contributed by atoms with Crippen LogP contribution in [0.25, 0.3) is 21.8 Å². The summed E-state index contributed by atoms with van der Waals surface area (Å²) in [7, 11) is 0. The maximum atomic E-state index is 12.2. The van der Waals surface area contributed by atoms with Crippen LogP contribution in [0.15, 0.2) is 60.0 Å².